The highest BCUT2D eigenvalue weighted by atomic mass is 32.2. The van der Waals surface area contributed by atoms with E-state index in [1.807, 2.05) is 51.1 Å². The summed E-state index contributed by atoms with van der Waals surface area (Å²) in [6, 6.07) is 15.3. The molecule has 0 saturated carbocycles. The molecule has 34 heavy (non-hydrogen) atoms. The van der Waals surface area contributed by atoms with Gasteiger partial charge in [0.25, 0.3) is 0 Å². The number of rotatable bonds is 7. The second kappa shape index (κ2) is 11.0. The number of anilines is 1. The number of hydrogen-bond donors (Lipinski definition) is 2. The van der Waals surface area contributed by atoms with Crippen molar-refractivity contribution in [1.82, 2.24) is 5.32 Å². The number of amides is 2. The molecule has 2 atom stereocenters. The Morgan fingerprint density at radius 1 is 1.18 bits per heavy atom. The van der Waals surface area contributed by atoms with E-state index >= 15 is 0 Å². The lowest BCUT2D eigenvalue weighted by Gasteiger charge is -2.31. The molecule has 1 heterocycles. The second-order valence-electron chi connectivity index (χ2n) is 8.03. The molecule has 3 rings (SSSR count). The topological polar surface area (TPSA) is 108 Å². The van der Waals surface area contributed by atoms with E-state index in [2.05, 4.69) is 16.7 Å². The van der Waals surface area contributed by atoms with Crippen molar-refractivity contribution >= 4 is 35.2 Å². The minimum atomic E-state index is -1.19. The number of nitrogens with zero attached hydrogens (tertiary/aromatic N) is 1. The predicted molar refractivity (Wildman–Crippen MR) is 132 cm³/mol. The Kier molecular flexibility index (Phi) is 8.13. The van der Waals surface area contributed by atoms with Crippen LogP contribution < -0.4 is 10.6 Å². The molecule has 8 heteroatoms. The van der Waals surface area contributed by atoms with Crippen LogP contribution in [-0.2, 0) is 25.5 Å². The highest BCUT2D eigenvalue weighted by molar-refractivity contribution is 8.03. The molecule has 0 spiro atoms. The zero-order valence-corrected chi connectivity index (χ0v) is 20.4. The maximum Gasteiger partial charge on any atom is 0.319 e. The zero-order valence-electron chi connectivity index (χ0n) is 19.6. The maximum atomic E-state index is 12.9. The molecule has 2 aromatic rings. The third-order valence-electron chi connectivity index (χ3n) is 5.77. The fourth-order valence-electron chi connectivity index (χ4n) is 3.97. The number of esters is 1. The first kappa shape index (κ1) is 25.1. The lowest BCUT2D eigenvalue weighted by atomic mass is 9.78. The van der Waals surface area contributed by atoms with Crippen LogP contribution in [0.25, 0.3) is 0 Å². The fourth-order valence-corrected chi connectivity index (χ4v) is 4.82. The van der Waals surface area contributed by atoms with Gasteiger partial charge < -0.3 is 15.4 Å². The Balaban J connectivity index is 1.90. The minimum absolute atomic E-state index is 0.0121. The summed E-state index contributed by atoms with van der Waals surface area (Å²) >= 11 is 1.06. The van der Waals surface area contributed by atoms with Crippen molar-refractivity contribution in [3.63, 3.8) is 0 Å². The summed E-state index contributed by atoms with van der Waals surface area (Å²) in [5.74, 6) is -3.55. The van der Waals surface area contributed by atoms with Gasteiger partial charge in [-0.25, -0.2) is 0 Å². The molecule has 0 aromatic heterocycles. The quantitative estimate of drug-likeness (QED) is 0.461. The number of methoxy groups -OCH3 is 1. The van der Waals surface area contributed by atoms with E-state index in [9.17, 15) is 19.6 Å². The van der Waals surface area contributed by atoms with Crippen LogP contribution in [0.4, 0.5) is 5.69 Å². The molecule has 7 nitrogen and oxygen atoms in total. The van der Waals surface area contributed by atoms with Crippen LogP contribution in [0.2, 0.25) is 0 Å². The molecule has 0 bridgehead atoms. The molecule has 1 aliphatic rings. The first-order valence-corrected chi connectivity index (χ1v) is 11.9. The fraction of sp³-hybridized carbons (Fsp3) is 0.308. The Labute approximate surface area is 203 Å². The molecule has 0 unspecified atom stereocenters. The van der Waals surface area contributed by atoms with Crippen LogP contribution >= 0.6 is 11.8 Å². The van der Waals surface area contributed by atoms with Crippen LogP contribution in [0.3, 0.4) is 0 Å². The number of nitrogens with one attached hydrogen (secondary N) is 2. The number of nitriles is 1. The van der Waals surface area contributed by atoms with Crippen molar-refractivity contribution in [2.75, 3.05) is 18.2 Å². The van der Waals surface area contributed by atoms with Gasteiger partial charge in [-0.1, -0.05) is 66.7 Å². The van der Waals surface area contributed by atoms with Crippen LogP contribution in [-0.4, -0.2) is 30.6 Å². The molecular formula is C26H27N3O4S. The summed E-state index contributed by atoms with van der Waals surface area (Å²) in [7, 11) is 1.21. The van der Waals surface area contributed by atoms with Gasteiger partial charge in [-0.3, -0.25) is 14.4 Å². The first-order valence-electron chi connectivity index (χ1n) is 10.9. The predicted octanol–water partition coefficient (Wildman–Crippen LogP) is 3.98. The van der Waals surface area contributed by atoms with Gasteiger partial charge in [0.05, 0.1) is 29.5 Å². The highest BCUT2D eigenvalue weighted by Gasteiger charge is 2.44. The zero-order chi connectivity index (χ0) is 24.8. The van der Waals surface area contributed by atoms with E-state index in [1.165, 1.54) is 7.11 Å². The van der Waals surface area contributed by atoms with E-state index in [0.717, 1.165) is 40.6 Å². The summed E-state index contributed by atoms with van der Waals surface area (Å²) in [5.41, 5.74) is 4.66. The summed E-state index contributed by atoms with van der Waals surface area (Å²) < 4.78 is 4.86. The smallest absolute Gasteiger partial charge is 0.319 e. The molecule has 2 aromatic carbocycles. The molecule has 2 N–H and O–H groups in total. The Morgan fingerprint density at radius 3 is 2.50 bits per heavy atom. The Morgan fingerprint density at radius 2 is 1.88 bits per heavy atom. The van der Waals surface area contributed by atoms with Gasteiger partial charge in [0, 0.05) is 11.6 Å². The van der Waals surface area contributed by atoms with E-state index in [-0.39, 0.29) is 22.3 Å². The number of benzene rings is 2. The van der Waals surface area contributed by atoms with Gasteiger partial charge in [0.15, 0.2) is 0 Å². The first-order chi connectivity index (χ1) is 16.3. The van der Waals surface area contributed by atoms with Gasteiger partial charge in [0.1, 0.15) is 5.92 Å². The molecule has 0 radical (unpaired) electrons. The highest BCUT2D eigenvalue weighted by Crippen LogP contribution is 2.40. The third-order valence-corrected chi connectivity index (χ3v) is 6.79. The van der Waals surface area contributed by atoms with E-state index in [1.54, 1.807) is 12.1 Å². The standard InChI is InChI=1S/C26H27N3O4S/c1-5-17-8-6-7-16(3)23(17)28-20(30)14-34-25-19(13-27)21(18-11-9-15(2)10-12-18)22(24(31)29-25)26(32)33-4/h6-12,21-22H,5,14H2,1-4H3,(H,28,30)(H,29,31)/t21-,22+/m1/s1. The van der Waals surface area contributed by atoms with Gasteiger partial charge in [-0.05, 0) is 37.0 Å². The average Bonchev–Trinajstić information content (AvgIpc) is 2.83. The van der Waals surface area contributed by atoms with Crippen molar-refractivity contribution in [3.8, 4) is 6.07 Å². The lowest BCUT2D eigenvalue weighted by Crippen LogP contribution is -2.44. The normalized spacial score (nSPS) is 17.6. The largest absolute Gasteiger partial charge is 0.468 e. The molecule has 176 valence electrons. The molecule has 0 saturated heterocycles. The third kappa shape index (κ3) is 5.32. The summed E-state index contributed by atoms with van der Waals surface area (Å²) in [4.78, 5) is 38.1. The van der Waals surface area contributed by atoms with Crippen LogP contribution in [0, 0.1) is 31.1 Å². The second-order valence-corrected chi connectivity index (χ2v) is 9.02. The number of ether oxygens (including phenoxy) is 1. The van der Waals surface area contributed by atoms with E-state index < -0.39 is 23.7 Å². The number of allylic oxidation sites excluding steroid dienone is 1. The van der Waals surface area contributed by atoms with Crippen molar-refractivity contribution < 1.29 is 19.1 Å². The number of thioether (sulfide) groups is 1. The van der Waals surface area contributed by atoms with Crippen molar-refractivity contribution in [1.29, 1.82) is 5.26 Å². The number of para-hydroxylation sites is 1. The summed E-state index contributed by atoms with van der Waals surface area (Å²) in [6.07, 6.45) is 0.775. The Hall–Kier alpha value is -3.57. The molecule has 0 aliphatic carbocycles. The van der Waals surface area contributed by atoms with Crippen molar-refractivity contribution in [3.05, 3.63) is 75.3 Å². The van der Waals surface area contributed by atoms with E-state index in [4.69, 9.17) is 4.74 Å². The average molecular weight is 478 g/mol. The molecule has 2 amide bonds. The maximum absolute atomic E-state index is 12.9. The van der Waals surface area contributed by atoms with Gasteiger partial charge in [-0.2, -0.15) is 5.26 Å². The van der Waals surface area contributed by atoms with Crippen molar-refractivity contribution in [2.24, 2.45) is 5.92 Å². The SMILES string of the molecule is CCc1cccc(C)c1NC(=O)CSC1=C(C#N)[C@@H](c2ccc(C)cc2)[C@H](C(=O)OC)C(=O)N1. The molecule has 0 fully saturated rings. The van der Waals surface area contributed by atoms with E-state index in [0.29, 0.717) is 5.56 Å². The number of carbonyl (C=O) groups excluding carboxylic acids is 3. The minimum Gasteiger partial charge on any atom is -0.468 e. The van der Waals surface area contributed by atoms with Crippen LogP contribution in [0.1, 0.15) is 35.1 Å². The van der Waals surface area contributed by atoms with Crippen LogP contribution in [0.5, 0.6) is 0 Å². The Bertz CT molecular complexity index is 1180. The molecular weight excluding hydrogens is 450 g/mol. The molecule has 1 aliphatic heterocycles. The van der Waals surface area contributed by atoms with Gasteiger partial charge in [-0.15, -0.1) is 0 Å². The monoisotopic (exact) mass is 477 g/mol. The number of aryl methyl sites for hydroxylation is 3. The number of carbonyl (C=O) groups is 3. The van der Waals surface area contributed by atoms with Crippen molar-refractivity contribution in [2.45, 2.75) is 33.1 Å². The van der Waals surface area contributed by atoms with Gasteiger partial charge >= 0.3 is 5.97 Å². The summed E-state index contributed by atoms with van der Waals surface area (Å²) in [5, 5.41) is 15.9. The lowest BCUT2D eigenvalue weighted by molar-refractivity contribution is -0.150. The number of hydrogen-bond acceptors (Lipinski definition) is 6. The van der Waals surface area contributed by atoms with Crippen LogP contribution in [0.15, 0.2) is 53.1 Å². The van der Waals surface area contributed by atoms with Gasteiger partial charge in [0.2, 0.25) is 11.8 Å². The summed E-state index contributed by atoms with van der Waals surface area (Å²) in [6.45, 7) is 5.87.